The van der Waals surface area contributed by atoms with Crippen LogP contribution in [0.3, 0.4) is 0 Å². The second kappa shape index (κ2) is 10.3. The van der Waals surface area contributed by atoms with Gasteiger partial charge in [0.15, 0.2) is 11.7 Å². The van der Waals surface area contributed by atoms with E-state index in [-0.39, 0.29) is 23.9 Å². The first-order valence-electron chi connectivity index (χ1n) is 13.9. The lowest BCUT2D eigenvalue weighted by Gasteiger charge is -2.47. The van der Waals surface area contributed by atoms with E-state index in [9.17, 15) is 9.59 Å². The van der Waals surface area contributed by atoms with Gasteiger partial charge in [-0.3, -0.25) is 14.8 Å². The summed E-state index contributed by atoms with van der Waals surface area (Å²) >= 11 is 0. The van der Waals surface area contributed by atoms with Crippen LogP contribution in [0.5, 0.6) is 0 Å². The molecular formula is C27H41N7O4. The van der Waals surface area contributed by atoms with E-state index in [2.05, 4.69) is 39.2 Å². The van der Waals surface area contributed by atoms with E-state index in [0.717, 1.165) is 50.4 Å². The molecule has 0 aromatic carbocycles. The maximum atomic E-state index is 13.9. The fourth-order valence-corrected chi connectivity index (χ4v) is 6.04. The van der Waals surface area contributed by atoms with Crippen molar-refractivity contribution in [2.24, 2.45) is 5.92 Å². The second-order valence-corrected chi connectivity index (χ2v) is 11.5. The van der Waals surface area contributed by atoms with E-state index in [1.54, 1.807) is 6.92 Å². The molecule has 3 aliphatic rings. The Kier molecular flexibility index (Phi) is 7.25. The van der Waals surface area contributed by atoms with Gasteiger partial charge in [0.2, 0.25) is 5.76 Å². The van der Waals surface area contributed by atoms with Crippen LogP contribution in [-0.2, 0) is 23.2 Å². The SMILES string of the molecule is CCc1nc(C)c(C(=O)Nc2n[nH]c3c2CN(C(=O)N2C[C@H](C)N(CC4CCOCC4)C[C@@H]2C)C3(C)C)o1. The molecule has 2 aromatic rings. The fraction of sp³-hybridized carbons (Fsp3) is 0.704. The summed E-state index contributed by atoms with van der Waals surface area (Å²) in [4.78, 5) is 37.6. The van der Waals surface area contributed by atoms with Crippen molar-refractivity contribution >= 4 is 17.8 Å². The molecule has 0 unspecified atom stereocenters. The van der Waals surface area contributed by atoms with Crippen LogP contribution < -0.4 is 5.32 Å². The molecule has 2 fully saturated rings. The number of hydrogen-bond donors (Lipinski definition) is 2. The van der Waals surface area contributed by atoms with Crippen LogP contribution in [0.4, 0.5) is 10.6 Å². The number of aromatic amines is 1. The Morgan fingerprint density at radius 3 is 2.58 bits per heavy atom. The largest absolute Gasteiger partial charge is 0.435 e. The minimum atomic E-state index is -0.595. The Bertz CT molecular complexity index is 1180. The van der Waals surface area contributed by atoms with Crippen molar-refractivity contribution in [2.75, 3.05) is 38.2 Å². The Balaban J connectivity index is 1.27. The van der Waals surface area contributed by atoms with E-state index in [4.69, 9.17) is 9.15 Å². The number of fused-ring (bicyclic) bond motifs is 1. The van der Waals surface area contributed by atoms with E-state index < -0.39 is 11.4 Å². The number of oxazole rings is 1. The van der Waals surface area contributed by atoms with Gasteiger partial charge < -0.3 is 24.3 Å². The van der Waals surface area contributed by atoms with Crippen molar-refractivity contribution in [2.45, 2.75) is 85.0 Å². The van der Waals surface area contributed by atoms with Gasteiger partial charge in [-0.25, -0.2) is 9.78 Å². The monoisotopic (exact) mass is 527 g/mol. The number of aryl methyl sites for hydroxylation is 2. The zero-order chi connectivity index (χ0) is 27.2. The number of aromatic nitrogens is 3. The quantitative estimate of drug-likeness (QED) is 0.611. The van der Waals surface area contributed by atoms with Gasteiger partial charge in [-0.05, 0) is 53.4 Å². The van der Waals surface area contributed by atoms with Crippen molar-refractivity contribution in [3.8, 4) is 0 Å². The maximum Gasteiger partial charge on any atom is 0.321 e. The summed E-state index contributed by atoms with van der Waals surface area (Å²) in [5.74, 6) is 1.40. The third-order valence-electron chi connectivity index (χ3n) is 8.48. The van der Waals surface area contributed by atoms with E-state index >= 15 is 0 Å². The standard InChI is InChI=1S/C27H41N7O4/c1-7-21-28-18(4)22(38-21)25(35)29-24-20-15-34(27(5,6)23(20)30-31-24)26(36)33-13-16(2)32(12-17(33)3)14-19-8-10-37-11-9-19/h16-17,19H,7-15H2,1-6H3,(H2,29,30,31,35)/t16-,17-/m0/s1. The second-order valence-electron chi connectivity index (χ2n) is 11.5. The summed E-state index contributed by atoms with van der Waals surface area (Å²) in [6, 6.07) is 0.407. The lowest BCUT2D eigenvalue weighted by molar-refractivity contribution is 0.00882. The molecule has 11 heteroatoms. The summed E-state index contributed by atoms with van der Waals surface area (Å²) in [7, 11) is 0. The number of nitrogens with zero attached hydrogens (tertiary/aromatic N) is 5. The van der Waals surface area contributed by atoms with Crippen LogP contribution in [0.1, 0.15) is 80.9 Å². The number of carbonyl (C=O) groups is 2. The van der Waals surface area contributed by atoms with Gasteiger partial charge >= 0.3 is 6.03 Å². The van der Waals surface area contributed by atoms with Crippen molar-refractivity contribution in [3.05, 3.63) is 28.6 Å². The number of nitrogens with one attached hydrogen (secondary N) is 2. The molecule has 3 amide bonds. The number of H-pyrrole nitrogens is 1. The van der Waals surface area contributed by atoms with Gasteiger partial charge in [0.05, 0.1) is 23.5 Å². The third-order valence-corrected chi connectivity index (χ3v) is 8.48. The molecule has 5 heterocycles. The minimum Gasteiger partial charge on any atom is -0.435 e. The molecule has 2 N–H and O–H groups in total. The molecule has 3 aliphatic heterocycles. The maximum absolute atomic E-state index is 13.9. The summed E-state index contributed by atoms with van der Waals surface area (Å²) in [5.41, 5.74) is 1.61. The highest BCUT2D eigenvalue weighted by atomic mass is 16.5. The number of hydrogen-bond acceptors (Lipinski definition) is 7. The van der Waals surface area contributed by atoms with Crippen LogP contribution in [0.2, 0.25) is 0 Å². The molecule has 11 nitrogen and oxygen atoms in total. The van der Waals surface area contributed by atoms with Crippen molar-refractivity contribution in [1.82, 2.24) is 29.9 Å². The third kappa shape index (κ3) is 4.82. The fourth-order valence-electron chi connectivity index (χ4n) is 6.04. The summed E-state index contributed by atoms with van der Waals surface area (Å²) < 4.78 is 11.1. The highest BCUT2D eigenvalue weighted by Crippen LogP contribution is 2.41. The summed E-state index contributed by atoms with van der Waals surface area (Å²) in [6.45, 7) is 16.8. The van der Waals surface area contributed by atoms with E-state index in [1.165, 1.54) is 0 Å². The van der Waals surface area contributed by atoms with Gasteiger partial charge in [0.25, 0.3) is 5.91 Å². The summed E-state index contributed by atoms with van der Waals surface area (Å²) in [6.07, 6.45) is 2.84. The van der Waals surface area contributed by atoms with E-state index in [0.29, 0.717) is 42.8 Å². The molecule has 2 aromatic heterocycles. The van der Waals surface area contributed by atoms with Crippen molar-refractivity contribution in [1.29, 1.82) is 0 Å². The Morgan fingerprint density at radius 1 is 1.16 bits per heavy atom. The lowest BCUT2D eigenvalue weighted by atomic mass is 9.97. The first-order valence-corrected chi connectivity index (χ1v) is 13.9. The summed E-state index contributed by atoms with van der Waals surface area (Å²) in [5, 5.41) is 10.3. The van der Waals surface area contributed by atoms with Crippen LogP contribution in [0.15, 0.2) is 4.42 Å². The van der Waals surface area contributed by atoms with Crippen LogP contribution in [0, 0.1) is 12.8 Å². The highest BCUT2D eigenvalue weighted by Gasteiger charge is 2.47. The number of carbonyl (C=O) groups excluding carboxylic acids is 2. The number of amides is 3. The van der Waals surface area contributed by atoms with Gasteiger partial charge in [0, 0.05) is 56.9 Å². The van der Waals surface area contributed by atoms with Crippen molar-refractivity contribution < 1.29 is 18.7 Å². The molecule has 38 heavy (non-hydrogen) atoms. The average molecular weight is 528 g/mol. The smallest absolute Gasteiger partial charge is 0.321 e. The number of ether oxygens (including phenoxy) is 1. The van der Waals surface area contributed by atoms with Gasteiger partial charge in [-0.2, -0.15) is 5.10 Å². The lowest BCUT2D eigenvalue weighted by Crippen LogP contribution is -2.62. The van der Waals surface area contributed by atoms with Gasteiger partial charge in [0.1, 0.15) is 0 Å². The van der Waals surface area contributed by atoms with Crippen LogP contribution >= 0.6 is 0 Å². The molecule has 0 saturated carbocycles. The first-order chi connectivity index (χ1) is 18.1. The number of anilines is 1. The average Bonchev–Trinajstić information content (AvgIpc) is 3.54. The molecule has 2 atom stereocenters. The topological polar surface area (TPSA) is 120 Å². The predicted molar refractivity (Wildman–Crippen MR) is 142 cm³/mol. The normalized spacial score (nSPS) is 24.1. The molecule has 5 rings (SSSR count). The van der Waals surface area contributed by atoms with Crippen LogP contribution in [-0.4, -0.2) is 86.8 Å². The van der Waals surface area contributed by atoms with Crippen molar-refractivity contribution in [3.63, 3.8) is 0 Å². The molecular weight excluding hydrogens is 486 g/mol. The van der Waals surface area contributed by atoms with Gasteiger partial charge in [-0.1, -0.05) is 6.92 Å². The highest BCUT2D eigenvalue weighted by molar-refractivity contribution is 6.03. The number of rotatable bonds is 5. The molecule has 0 radical (unpaired) electrons. The number of urea groups is 1. The molecule has 2 saturated heterocycles. The molecule has 0 spiro atoms. The van der Waals surface area contributed by atoms with Gasteiger partial charge in [-0.15, -0.1) is 0 Å². The van der Waals surface area contributed by atoms with E-state index in [1.807, 2.05) is 30.6 Å². The Morgan fingerprint density at radius 2 is 1.89 bits per heavy atom. The zero-order valence-electron chi connectivity index (χ0n) is 23.5. The Labute approximate surface area is 224 Å². The number of piperazine rings is 1. The molecule has 0 bridgehead atoms. The molecule has 208 valence electrons. The molecule has 0 aliphatic carbocycles. The zero-order valence-corrected chi connectivity index (χ0v) is 23.5. The minimum absolute atomic E-state index is 0.0145. The first kappa shape index (κ1) is 26.7. The Hall–Kier alpha value is -2.92. The van der Waals surface area contributed by atoms with Crippen LogP contribution in [0.25, 0.3) is 0 Å². The predicted octanol–water partition coefficient (Wildman–Crippen LogP) is 3.51.